The number of hydrogen-bond acceptors (Lipinski definition) is 5. The Morgan fingerprint density at radius 1 is 1.32 bits per heavy atom. The van der Waals surface area contributed by atoms with E-state index in [4.69, 9.17) is 4.42 Å². The smallest absolute Gasteiger partial charge is 0.306 e. The molecule has 3 aromatic rings. The summed E-state index contributed by atoms with van der Waals surface area (Å²) in [5.41, 5.74) is 1.94. The molecule has 162 valence electrons. The number of nitrogens with one attached hydrogen (secondary N) is 1. The number of hydrogen-bond donors (Lipinski definition) is 2. The van der Waals surface area contributed by atoms with Crippen molar-refractivity contribution in [1.29, 1.82) is 0 Å². The molecular formula is C22H23FN4O4. The number of aromatic nitrogens is 3. The Bertz CT molecular complexity index is 1110. The normalized spacial score (nSPS) is 18.6. The Balaban J connectivity index is 1.50. The van der Waals surface area contributed by atoms with Crippen LogP contribution in [0.5, 0.6) is 0 Å². The standard InChI is InChI=1S/C22H23FN4O4/c1-13-5-6-31-20(13)11-24-21(28)16-7-15(8-17(23)9-16)19-12-27(26-25-19)18-4-2-3-14(10-18)22(29)30/h5-9,12,14,18H,2-4,10-11H2,1H3,(H,24,28)(H,29,30). The number of furan rings is 1. The van der Waals surface area contributed by atoms with Crippen LogP contribution in [0.15, 0.2) is 41.1 Å². The molecule has 0 aliphatic heterocycles. The van der Waals surface area contributed by atoms with E-state index in [1.807, 2.05) is 6.92 Å². The Hall–Kier alpha value is -3.49. The first-order valence-corrected chi connectivity index (χ1v) is 10.2. The van der Waals surface area contributed by atoms with E-state index in [0.29, 0.717) is 29.9 Å². The number of aliphatic carboxylic acids is 1. The predicted molar refractivity (Wildman–Crippen MR) is 109 cm³/mol. The van der Waals surface area contributed by atoms with Crippen molar-refractivity contribution in [2.75, 3.05) is 0 Å². The molecule has 2 N–H and O–H groups in total. The summed E-state index contributed by atoms with van der Waals surface area (Å²) in [7, 11) is 0. The first-order chi connectivity index (χ1) is 14.9. The second-order valence-electron chi connectivity index (χ2n) is 7.88. The lowest BCUT2D eigenvalue weighted by Gasteiger charge is -2.26. The van der Waals surface area contributed by atoms with Crippen LogP contribution < -0.4 is 5.32 Å². The fourth-order valence-corrected chi connectivity index (χ4v) is 3.93. The number of carbonyl (C=O) groups excluding carboxylic acids is 1. The van der Waals surface area contributed by atoms with Crippen molar-refractivity contribution in [3.8, 4) is 11.3 Å². The molecule has 31 heavy (non-hydrogen) atoms. The number of carbonyl (C=O) groups is 2. The molecule has 0 radical (unpaired) electrons. The van der Waals surface area contributed by atoms with Gasteiger partial charge in [-0.3, -0.25) is 9.59 Å². The van der Waals surface area contributed by atoms with E-state index in [1.54, 1.807) is 29.3 Å². The van der Waals surface area contributed by atoms with Crippen molar-refractivity contribution >= 4 is 11.9 Å². The summed E-state index contributed by atoms with van der Waals surface area (Å²) in [6, 6.07) is 5.75. The predicted octanol–water partition coefficient (Wildman–Crippen LogP) is 3.73. The highest BCUT2D eigenvalue weighted by Gasteiger charge is 2.28. The monoisotopic (exact) mass is 426 g/mol. The fourth-order valence-electron chi connectivity index (χ4n) is 3.93. The average molecular weight is 426 g/mol. The van der Waals surface area contributed by atoms with E-state index in [1.165, 1.54) is 6.07 Å². The average Bonchev–Trinajstić information content (AvgIpc) is 3.41. The number of benzene rings is 1. The third-order valence-electron chi connectivity index (χ3n) is 5.71. The van der Waals surface area contributed by atoms with Crippen molar-refractivity contribution in [2.45, 2.75) is 45.2 Å². The minimum absolute atomic E-state index is 0.0658. The third-order valence-corrected chi connectivity index (χ3v) is 5.71. The van der Waals surface area contributed by atoms with Gasteiger partial charge in [-0.05, 0) is 56.0 Å². The van der Waals surface area contributed by atoms with Crippen molar-refractivity contribution < 1.29 is 23.5 Å². The largest absolute Gasteiger partial charge is 0.481 e. The highest BCUT2D eigenvalue weighted by atomic mass is 19.1. The lowest BCUT2D eigenvalue weighted by molar-refractivity contribution is -0.143. The zero-order valence-electron chi connectivity index (χ0n) is 17.0. The number of rotatable bonds is 6. The number of carboxylic acids is 1. The van der Waals surface area contributed by atoms with Crippen molar-refractivity contribution in [2.24, 2.45) is 5.92 Å². The summed E-state index contributed by atoms with van der Waals surface area (Å²) in [6.45, 7) is 2.08. The molecule has 0 spiro atoms. The van der Waals surface area contributed by atoms with E-state index < -0.39 is 23.6 Å². The van der Waals surface area contributed by atoms with Gasteiger partial charge in [-0.1, -0.05) is 11.6 Å². The second-order valence-corrected chi connectivity index (χ2v) is 7.88. The van der Waals surface area contributed by atoms with Crippen LogP contribution in [0.3, 0.4) is 0 Å². The van der Waals surface area contributed by atoms with Crippen molar-refractivity contribution in [3.05, 3.63) is 59.4 Å². The number of halogens is 1. The highest BCUT2D eigenvalue weighted by molar-refractivity contribution is 5.95. The maximum Gasteiger partial charge on any atom is 0.306 e. The Morgan fingerprint density at radius 3 is 2.90 bits per heavy atom. The molecule has 1 saturated carbocycles. The van der Waals surface area contributed by atoms with E-state index in [9.17, 15) is 19.1 Å². The topological polar surface area (TPSA) is 110 Å². The fraction of sp³-hybridized carbons (Fsp3) is 0.364. The maximum atomic E-state index is 14.2. The zero-order valence-corrected chi connectivity index (χ0v) is 17.0. The van der Waals surface area contributed by atoms with Crippen LogP contribution in [0, 0.1) is 18.7 Å². The van der Waals surface area contributed by atoms with Crippen LogP contribution in [0.4, 0.5) is 4.39 Å². The van der Waals surface area contributed by atoms with Gasteiger partial charge in [-0.15, -0.1) is 5.10 Å². The molecule has 1 aliphatic carbocycles. The van der Waals surface area contributed by atoms with Crippen LogP contribution in [-0.4, -0.2) is 32.0 Å². The third kappa shape index (κ3) is 4.65. The quantitative estimate of drug-likeness (QED) is 0.621. The Morgan fingerprint density at radius 2 is 2.16 bits per heavy atom. The minimum Gasteiger partial charge on any atom is -0.481 e. The molecule has 1 fully saturated rings. The van der Waals surface area contributed by atoms with E-state index in [0.717, 1.165) is 24.5 Å². The van der Waals surface area contributed by atoms with Crippen molar-refractivity contribution in [1.82, 2.24) is 20.3 Å². The minimum atomic E-state index is -0.796. The van der Waals surface area contributed by atoms with Crippen LogP contribution in [-0.2, 0) is 11.3 Å². The van der Waals surface area contributed by atoms with Crippen LogP contribution in [0.2, 0.25) is 0 Å². The van der Waals surface area contributed by atoms with Gasteiger partial charge < -0.3 is 14.8 Å². The van der Waals surface area contributed by atoms with Crippen molar-refractivity contribution in [3.63, 3.8) is 0 Å². The number of amides is 1. The van der Waals surface area contributed by atoms with Gasteiger partial charge in [0.2, 0.25) is 0 Å². The first-order valence-electron chi connectivity index (χ1n) is 10.2. The zero-order chi connectivity index (χ0) is 22.0. The molecule has 9 heteroatoms. The van der Waals surface area contributed by atoms with Crippen LogP contribution in [0.25, 0.3) is 11.3 Å². The summed E-state index contributed by atoms with van der Waals surface area (Å²) in [6.07, 6.45) is 5.99. The first kappa shape index (κ1) is 20.8. The molecule has 8 nitrogen and oxygen atoms in total. The molecule has 1 aromatic carbocycles. The lowest BCUT2D eigenvalue weighted by atomic mass is 9.86. The summed E-state index contributed by atoms with van der Waals surface area (Å²) < 4.78 is 21.2. The summed E-state index contributed by atoms with van der Waals surface area (Å²) in [5, 5.41) is 20.3. The van der Waals surface area contributed by atoms with Gasteiger partial charge in [-0.25, -0.2) is 9.07 Å². The molecule has 4 rings (SSSR count). The highest BCUT2D eigenvalue weighted by Crippen LogP contribution is 2.33. The summed E-state index contributed by atoms with van der Waals surface area (Å²) in [4.78, 5) is 23.8. The summed E-state index contributed by atoms with van der Waals surface area (Å²) in [5.74, 6) is -1.54. The van der Waals surface area contributed by atoms with Gasteiger partial charge >= 0.3 is 5.97 Å². The van der Waals surface area contributed by atoms with Gasteiger partial charge in [0.25, 0.3) is 5.91 Å². The molecule has 2 atom stereocenters. The second kappa shape index (κ2) is 8.71. The lowest BCUT2D eigenvalue weighted by Crippen LogP contribution is -2.24. The Kier molecular flexibility index (Phi) is 5.83. The Labute approximate surface area is 178 Å². The molecule has 0 saturated heterocycles. The molecule has 1 aliphatic rings. The van der Waals surface area contributed by atoms with E-state index >= 15 is 0 Å². The molecule has 2 aromatic heterocycles. The SMILES string of the molecule is Cc1ccoc1CNC(=O)c1cc(F)cc(-c2cn(C3CCCC(C(=O)O)C3)nn2)c1. The van der Waals surface area contributed by atoms with Gasteiger partial charge in [0.1, 0.15) is 17.3 Å². The van der Waals surface area contributed by atoms with Gasteiger partial charge in [0.15, 0.2) is 0 Å². The molecule has 0 bridgehead atoms. The van der Waals surface area contributed by atoms with Crippen LogP contribution >= 0.6 is 0 Å². The van der Waals surface area contributed by atoms with E-state index in [2.05, 4.69) is 15.6 Å². The van der Waals surface area contributed by atoms with Crippen LogP contribution in [0.1, 0.15) is 53.4 Å². The molecular weight excluding hydrogens is 403 g/mol. The van der Waals surface area contributed by atoms with E-state index in [-0.39, 0.29) is 18.2 Å². The van der Waals surface area contributed by atoms with Gasteiger partial charge in [-0.2, -0.15) is 0 Å². The summed E-state index contributed by atoms with van der Waals surface area (Å²) >= 11 is 0. The number of carboxylic acid groups (broad SMARTS) is 1. The number of nitrogens with zero attached hydrogens (tertiary/aromatic N) is 3. The van der Waals surface area contributed by atoms with Gasteiger partial charge in [0, 0.05) is 11.1 Å². The molecule has 2 unspecified atom stereocenters. The number of aryl methyl sites for hydroxylation is 1. The van der Waals surface area contributed by atoms with Gasteiger partial charge in [0.05, 0.1) is 31.0 Å². The molecule has 1 amide bonds. The maximum absolute atomic E-state index is 14.2. The molecule has 2 heterocycles.